The van der Waals surface area contributed by atoms with Crippen molar-refractivity contribution in [3.8, 4) is 0 Å². The van der Waals surface area contributed by atoms with E-state index in [9.17, 15) is 0 Å². The van der Waals surface area contributed by atoms with Crippen LogP contribution in [0.4, 0.5) is 0 Å². The van der Waals surface area contributed by atoms with Gasteiger partial charge < -0.3 is 10.4 Å². The van der Waals surface area contributed by atoms with Gasteiger partial charge in [-0.3, -0.25) is 4.90 Å². The van der Waals surface area contributed by atoms with Gasteiger partial charge in [0.25, 0.3) is 0 Å². The predicted molar refractivity (Wildman–Crippen MR) is 77.3 cm³/mol. The van der Waals surface area contributed by atoms with E-state index in [4.69, 9.17) is 5.11 Å². The van der Waals surface area contributed by atoms with Gasteiger partial charge in [0.15, 0.2) is 0 Å². The highest BCUT2D eigenvalue weighted by Gasteiger charge is 2.36. The van der Waals surface area contributed by atoms with E-state index >= 15 is 0 Å². The lowest BCUT2D eigenvalue weighted by Gasteiger charge is -2.38. The van der Waals surface area contributed by atoms with Crippen LogP contribution < -0.4 is 5.32 Å². The molecule has 0 amide bonds. The fraction of sp³-hybridized carbons (Fsp3) is 0.625. The zero-order valence-electron chi connectivity index (χ0n) is 11.5. The smallest absolute Gasteiger partial charge is 0.0556 e. The van der Waals surface area contributed by atoms with Crippen LogP contribution in [0.25, 0.3) is 0 Å². The molecule has 3 heteroatoms. The SMILES string of the molecule is OCCNC1CC(c2ccccc2)CN(C2CC2)C1. The molecular weight excluding hydrogens is 236 g/mol. The summed E-state index contributed by atoms with van der Waals surface area (Å²) in [7, 11) is 0. The fourth-order valence-corrected chi connectivity index (χ4v) is 3.25. The van der Waals surface area contributed by atoms with Gasteiger partial charge in [0.2, 0.25) is 0 Å². The zero-order chi connectivity index (χ0) is 13.1. The summed E-state index contributed by atoms with van der Waals surface area (Å²) in [5.74, 6) is 0.631. The highest BCUT2D eigenvalue weighted by Crippen LogP contribution is 2.34. The van der Waals surface area contributed by atoms with Crippen molar-refractivity contribution in [1.29, 1.82) is 0 Å². The molecule has 0 aromatic heterocycles. The molecule has 1 aromatic carbocycles. The number of benzene rings is 1. The van der Waals surface area contributed by atoms with Crippen molar-refractivity contribution < 1.29 is 5.11 Å². The van der Waals surface area contributed by atoms with Crippen molar-refractivity contribution >= 4 is 0 Å². The summed E-state index contributed by atoms with van der Waals surface area (Å²) >= 11 is 0. The number of nitrogens with zero attached hydrogens (tertiary/aromatic N) is 1. The molecule has 1 aliphatic heterocycles. The first-order valence-electron chi connectivity index (χ1n) is 7.50. The number of aliphatic hydroxyl groups is 1. The molecule has 104 valence electrons. The van der Waals surface area contributed by atoms with E-state index in [0.717, 1.165) is 12.6 Å². The molecule has 2 aliphatic rings. The first-order valence-corrected chi connectivity index (χ1v) is 7.50. The lowest BCUT2D eigenvalue weighted by Crippen LogP contribution is -2.49. The molecule has 3 rings (SSSR count). The van der Waals surface area contributed by atoms with Crippen molar-refractivity contribution in [3.63, 3.8) is 0 Å². The van der Waals surface area contributed by atoms with Crippen molar-refractivity contribution in [2.24, 2.45) is 0 Å². The molecule has 19 heavy (non-hydrogen) atoms. The molecule has 1 heterocycles. The maximum absolute atomic E-state index is 8.99. The lowest BCUT2D eigenvalue weighted by molar-refractivity contribution is 0.158. The van der Waals surface area contributed by atoms with Crippen molar-refractivity contribution in [2.45, 2.75) is 37.3 Å². The molecule has 2 unspecified atom stereocenters. The summed E-state index contributed by atoms with van der Waals surface area (Å²) in [6.07, 6.45) is 3.93. The monoisotopic (exact) mass is 260 g/mol. The van der Waals surface area contributed by atoms with E-state index < -0.39 is 0 Å². The third-order valence-corrected chi connectivity index (χ3v) is 4.36. The van der Waals surface area contributed by atoms with Gasteiger partial charge in [-0.2, -0.15) is 0 Å². The number of likely N-dealkylation sites (tertiary alicyclic amines) is 1. The number of hydrogen-bond acceptors (Lipinski definition) is 3. The van der Waals surface area contributed by atoms with E-state index in [1.54, 1.807) is 0 Å². The Morgan fingerprint density at radius 3 is 2.63 bits per heavy atom. The Bertz CT molecular complexity index is 391. The Morgan fingerprint density at radius 2 is 1.95 bits per heavy atom. The van der Waals surface area contributed by atoms with Crippen LogP contribution in [0.5, 0.6) is 0 Å². The lowest BCUT2D eigenvalue weighted by atomic mass is 9.88. The molecular formula is C16H24N2O. The molecule has 0 radical (unpaired) electrons. The third-order valence-electron chi connectivity index (χ3n) is 4.36. The molecule has 0 bridgehead atoms. The Morgan fingerprint density at radius 1 is 1.16 bits per heavy atom. The standard InChI is InChI=1S/C16H24N2O/c19-9-8-17-15-10-14(13-4-2-1-3-5-13)11-18(12-15)16-6-7-16/h1-5,14-17,19H,6-12H2. The second-order valence-electron chi connectivity index (χ2n) is 5.90. The normalized spacial score (nSPS) is 28.5. The van der Waals surface area contributed by atoms with Gasteiger partial charge in [-0.1, -0.05) is 30.3 Å². The van der Waals surface area contributed by atoms with E-state index in [0.29, 0.717) is 18.5 Å². The maximum atomic E-state index is 8.99. The molecule has 3 nitrogen and oxygen atoms in total. The number of nitrogens with one attached hydrogen (secondary N) is 1. The van der Waals surface area contributed by atoms with Crippen molar-refractivity contribution in [1.82, 2.24) is 10.2 Å². The van der Waals surface area contributed by atoms with Crippen LogP contribution in [-0.2, 0) is 0 Å². The number of aliphatic hydroxyl groups excluding tert-OH is 1. The summed E-state index contributed by atoms with van der Waals surface area (Å²) in [5, 5.41) is 12.5. The van der Waals surface area contributed by atoms with Crippen LogP contribution in [0.3, 0.4) is 0 Å². The van der Waals surface area contributed by atoms with Crippen LogP contribution in [0.2, 0.25) is 0 Å². The molecule has 0 spiro atoms. The van der Waals surface area contributed by atoms with Crippen LogP contribution >= 0.6 is 0 Å². The maximum Gasteiger partial charge on any atom is 0.0556 e. The minimum absolute atomic E-state index is 0.232. The number of hydrogen-bond donors (Lipinski definition) is 2. The van der Waals surface area contributed by atoms with E-state index in [2.05, 4.69) is 40.5 Å². The molecule has 1 aromatic rings. The van der Waals surface area contributed by atoms with E-state index in [-0.39, 0.29) is 6.61 Å². The predicted octanol–water partition coefficient (Wildman–Crippen LogP) is 1.59. The zero-order valence-corrected chi connectivity index (χ0v) is 11.5. The molecule has 1 saturated heterocycles. The average Bonchev–Trinajstić information content (AvgIpc) is 3.30. The average molecular weight is 260 g/mol. The fourth-order valence-electron chi connectivity index (χ4n) is 3.25. The van der Waals surface area contributed by atoms with E-state index in [1.165, 1.54) is 31.4 Å². The van der Waals surface area contributed by atoms with Crippen LogP contribution in [0.15, 0.2) is 30.3 Å². The summed E-state index contributed by atoms with van der Waals surface area (Å²) in [6, 6.07) is 12.2. The van der Waals surface area contributed by atoms with Gasteiger partial charge in [0, 0.05) is 31.7 Å². The summed E-state index contributed by atoms with van der Waals surface area (Å²) in [4.78, 5) is 2.65. The molecule has 2 N–H and O–H groups in total. The van der Waals surface area contributed by atoms with Gasteiger partial charge in [0.1, 0.15) is 0 Å². The third kappa shape index (κ3) is 3.35. The van der Waals surface area contributed by atoms with Gasteiger partial charge in [-0.25, -0.2) is 0 Å². The summed E-state index contributed by atoms with van der Waals surface area (Å²) < 4.78 is 0. The van der Waals surface area contributed by atoms with Gasteiger partial charge >= 0.3 is 0 Å². The van der Waals surface area contributed by atoms with Crippen molar-refractivity contribution in [2.75, 3.05) is 26.2 Å². The number of piperidine rings is 1. The van der Waals surface area contributed by atoms with Gasteiger partial charge in [0.05, 0.1) is 6.61 Å². The van der Waals surface area contributed by atoms with Gasteiger partial charge in [-0.15, -0.1) is 0 Å². The molecule has 2 fully saturated rings. The van der Waals surface area contributed by atoms with E-state index in [1.807, 2.05) is 0 Å². The molecule has 1 saturated carbocycles. The Hall–Kier alpha value is -0.900. The minimum Gasteiger partial charge on any atom is -0.395 e. The second kappa shape index (κ2) is 6.04. The summed E-state index contributed by atoms with van der Waals surface area (Å²) in [6.45, 7) is 3.29. The first-order chi connectivity index (χ1) is 9.36. The Kier molecular flexibility index (Phi) is 4.16. The molecule has 2 atom stereocenters. The topological polar surface area (TPSA) is 35.5 Å². The quantitative estimate of drug-likeness (QED) is 0.844. The summed E-state index contributed by atoms with van der Waals surface area (Å²) in [5.41, 5.74) is 1.46. The van der Waals surface area contributed by atoms with Crippen LogP contribution in [-0.4, -0.2) is 48.3 Å². The highest BCUT2D eigenvalue weighted by molar-refractivity contribution is 5.21. The minimum atomic E-state index is 0.232. The second-order valence-corrected chi connectivity index (χ2v) is 5.90. The Balaban J connectivity index is 1.68. The van der Waals surface area contributed by atoms with Crippen molar-refractivity contribution in [3.05, 3.63) is 35.9 Å². The Labute approximate surface area is 115 Å². The van der Waals surface area contributed by atoms with Gasteiger partial charge in [-0.05, 0) is 30.7 Å². The van der Waals surface area contributed by atoms with Crippen LogP contribution in [0.1, 0.15) is 30.7 Å². The highest BCUT2D eigenvalue weighted by atomic mass is 16.3. The largest absolute Gasteiger partial charge is 0.395 e. The molecule has 1 aliphatic carbocycles. The first kappa shape index (κ1) is 13.1. The van der Waals surface area contributed by atoms with Crippen LogP contribution in [0, 0.1) is 0 Å². The number of rotatable bonds is 5.